The minimum absolute atomic E-state index is 0.155. The molecule has 0 radical (unpaired) electrons. The van der Waals surface area contributed by atoms with Gasteiger partial charge in [-0.05, 0) is 61.6 Å². The van der Waals surface area contributed by atoms with E-state index in [0.717, 1.165) is 30.8 Å². The largest absolute Gasteiger partial charge is 0.349 e. The molecule has 1 fully saturated rings. The fourth-order valence-corrected chi connectivity index (χ4v) is 4.43. The third-order valence-corrected chi connectivity index (χ3v) is 6.41. The molecule has 1 aromatic carbocycles. The van der Waals surface area contributed by atoms with Gasteiger partial charge < -0.3 is 10.6 Å². The third kappa shape index (κ3) is 4.88. The van der Waals surface area contributed by atoms with Crippen LogP contribution in [0.25, 0.3) is 0 Å². The second-order valence-corrected chi connectivity index (χ2v) is 8.73. The molecular weight excluding hydrogens is 358 g/mol. The molecule has 0 bridgehead atoms. The maximum absolute atomic E-state index is 12.3. The molecule has 1 aromatic heterocycles. The first kappa shape index (κ1) is 18.1. The SMILES string of the molecule is O=C(NC1CCNCC1)c1ccc(S(=O)(=O)NCc2cccs2)cc1. The van der Waals surface area contributed by atoms with Crippen molar-refractivity contribution in [2.24, 2.45) is 0 Å². The van der Waals surface area contributed by atoms with Crippen LogP contribution >= 0.6 is 11.3 Å². The van der Waals surface area contributed by atoms with Gasteiger partial charge in [0.15, 0.2) is 0 Å². The van der Waals surface area contributed by atoms with E-state index in [2.05, 4.69) is 15.4 Å². The highest BCUT2D eigenvalue weighted by atomic mass is 32.2. The fourth-order valence-electron chi connectivity index (χ4n) is 2.68. The third-order valence-electron chi connectivity index (χ3n) is 4.12. The Balaban J connectivity index is 1.61. The van der Waals surface area contributed by atoms with Gasteiger partial charge in [0, 0.05) is 23.0 Å². The van der Waals surface area contributed by atoms with Crippen LogP contribution in [-0.2, 0) is 16.6 Å². The zero-order valence-corrected chi connectivity index (χ0v) is 15.3. The van der Waals surface area contributed by atoms with Crippen LogP contribution in [0.1, 0.15) is 28.1 Å². The van der Waals surface area contributed by atoms with Crippen molar-refractivity contribution in [1.82, 2.24) is 15.4 Å². The van der Waals surface area contributed by atoms with Gasteiger partial charge in [0.2, 0.25) is 10.0 Å². The lowest BCUT2D eigenvalue weighted by atomic mass is 10.1. The number of rotatable bonds is 6. The number of hydrogen-bond acceptors (Lipinski definition) is 5. The van der Waals surface area contributed by atoms with E-state index < -0.39 is 10.0 Å². The summed E-state index contributed by atoms with van der Waals surface area (Å²) < 4.78 is 27.2. The highest BCUT2D eigenvalue weighted by Crippen LogP contribution is 2.14. The molecule has 0 atom stereocenters. The van der Waals surface area contributed by atoms with Crippen LogP contribution < -0.4 is 15.4 Å². The Bertz CT molecular complexity index is 796. The Labute approximate surface area is 151 Å². The van der Waals surface area contributed by atoms with E-state index in [0.29, 0.717) is 5.56 Å². The number of piperidine rings is 1. The van der Waals surface area contributed by atoms with Crippen molar-refractivity contribution >= 4 is 27.3 Å². The smallest absolute Gasteiger partial charge is 0.251 e. The van der Waals surface area contributed by atoms with Crippen molar-refractivity contribution in [2.75, 3.05) is 13.1 Å². The van der Waals surface area contributed by atoms with Crippen LogP contribution in [0, 0.1) is 0 Å². The lowest BCUT2D eigenvalue weighted by molar-refractivity contribution is 0.0929. The summed E-state index contributed by atoms with van der Waals surface area (Å²) in [4.78, 5) is 13.4. The first-order valence-electron chi connectivity index (χ1n) is 8.18. The minimum Gasteiger partial charge on any atom is -0.349 e. The monoisotopic (exact) mass is 379 g/mol. The quantitative estimate of drug-likeness (QED) is 0.713. The average molecular weight is 380 g/mol. The highest BCUT2D eigenvalue weighted by Gasteiger charge is 2.18. The topological polar surface area (TPSA) is 87.3 Å². The first-order valence-corrected chi connectivity index (χ1v) is 10.5. The zero-order valence-electron chi connectivity index (χ0n) is 13.7. The van der Waals surface area contributed by atoms with Crippen LogP contribution in [-0.4, -0.2) is 33.5 Å². The number of carbonyl (C=O) groups is 1. The average Bonchev–Trinajstić information content (AvgIpc) is 3.15. The summed E-state index contributed by atoms with van der Waals surface area (Å²) in [5.41, 5.74) is 0.468. The lowest BCUT2D eigenvalue weighted by Crippen LogP contribution is -2.42. The molecule has 1 aliphatic rings. The van der Waals surface area contributed by atoms with Crippen LogP contribution in [0.15, 0.2) is 46.7 Å². The normalized spacial score (nSPS) is 15.8. The van der Waals surface area contributed by atoms with Crippen LogP contribution in [0.5, 0.6) is 0 Å². The molecule has 134 valence electrons. The van der Waals surface area contributed by atoms with Crippen molar-refractivity contribution in [2.45, 2.75) is 30.3 Å². The second kappa shape index (κ2) is 8.09. The molecular formula is C17H21N3O3S2. The van der Waals surface area contributed by atoms with Gasteiger partial charge >= 0.3 is 0 Å². The van der Waals surface area contributed by atoms with Gasteiger partial charge in [0.25, 0.3) is 5.91 Å². The van der Waals surface area contributed by atoms with E-state index >= 15 is 0 Å². The molecule has 0 aliphatic carbocycles. The van der Waals surface area contributed by atoms with Gasteiger partial charge in [0.1, 0.15) is 0 Å². The predicted molar refractivity (Wildman–Crippen MR) is 98.1 cm³/mol. The molecule has 1 saturated heterocycles. The van der Waals surface area contributed by atoms with Gasteiger partial charge in [-0.2, -0.15) is 0 Å². The number of amides is 1. The number of nitrogens with one attached hydrogen (secondary N) is 3. The molecule has 2 heterocycles. The Hall–Kier alpha value is -1.74. The van der Waals surface area contributed by atoms with Crippen LogP contribution in [0.2, 0.25) is 0 Å². The van der Waals surface area contributed by atoms with Crippen molar-refractivity contribution in [1.29, 1.82) is 0 Å². The molecule has 0 unspecified atom stereocenters. The van der Waals surface area contributed by atoms with Crippen LogP contribution in [0.3, 0.4) is 0 Å². The second-order valence-electron chi connectivity index (χ2n) is 5.93. The van der Waals surface area contributed by atoms with E-state index in [1.54, 1.807) is 12.1 Å². The summed E-state index contributed by atoms with van der Waals surface area (Å²) >= 11 is 1.50. The summed E-state index contributed by atoms with van der Waals surface area (Å²) in [6, 6.07) is 9.96. The highest BCUT2D eigenvalue weighted by molar-refractivity contribution is 7.89. The molecule has 6 nitrogen and oxygen atoms in total. The summed E-state index contributed by atoms with van der Waals surface area (Å²) in [7, 11) is -3.59. The minimum atomic E-state index is -3.59. The van der Waals surface area contributed by atoms with Gasteiger partial charge in [-0.3, -0.25) is 4.79 Å². The number of thiophene rings is 1. The van der Waals surface area contributed by atoms with E-state index in [9.17, 15) is 13.2 Å². The maximum atomic E-state index is 12.3. The van der Waals surface area contributed by atoms with E-state index in [1.807, 2.05) is 17.5 Å². The Kier molecular flexibility index (Phi) is 5.85. The summed E-state index contributed by atoms with van der Waals surface area (Å²) in [5, 5.41) is 8.15. The molecule has 1 aliphatic heterocycles. The van der Waals surface area contributed by atoms with Crippen molar-refractivity contribution in [3.05, 3.63) is 52.2 Å². The van der Waals surface area contributed by atoms with Gasteiger partial charge in [0.05, 0.1) is 4.90 Å². The fraction of sp³-hybridized carbons (Fsp3) is 0.353. The molecule has 25 heavy (non-hydrogen) atoms. The van der Waals surface area contributed by atoms with Crippen molar-refractivity contribution < 1.29 is 13.2 Å². The lowest BCUT2D eigenvalue weighted by Gasteiger charge is -2.23. The summed E-state index contributed by atoms with van der Waals surface area (Å²) in [6.45, 7) is 2.06. The number of sulfonamides is 1. The number of carbonyl (C=O) groups excluding carboxylic acids is 1. The molecule has 1 amide bonds. The zero-order chi connectivity index (χ0) is 17.7. The molecule has 0 saturated carbocycles. The van der Waals surface area contributed by atoms with E-state index in [4.69, 9.17) is 0 Å². The maximum Gasteiger partial charge on any atom is 0.251 e. The van der Waals surface area contributed by atoms with Crippen LogP contribution in [0.4, 0.5) is 0 Å². The summed E-state index contributed by atoms with van der Waals surface area (Å²) in [5.74, 6) is -0.164. The molecule has 8 heteroatoms. The van der Waals surface area contributed by atoms with E-state index in [1.165, 1.54) is 23.5 Å². The van der Waals surface area contributed by atoms with Gasteiger partial charge in [-0.1, -0.05) is 6.07 Å². The standard InChI is InChI=1S/C17H21N3O3S2/c21-17(20-14-7-9-18-10-8-14)13-3-5-16(6-4-13)25(22,23)19-12-15-2-1-11-24-15/h1-6,11,14,18-19H,7-10,12H2,(H,20,21). The Morgan fingerprint density at radius 3 is 2.52 bits per heavy atom. The van der Waals surface area contributed by atoms with Gasteiger partial charge in [-0.15, -0.1) is 11.3 Å². The van der Waals surface area contributed by atoms with E-state index in [-0.39, 0.29) is 23.4 Å². The molecule has 0 spiro atoms. The van der Waals surface area contributed by atoms with Crippen molar-refractivity contribution in [3.8, 4) is 0 Å². The Morgan fingerprint density at radius 1 is 1.16 bits per heavy atom. The van der Waals surface area contributed by atoms with Crippen molar-refractivity contribution in [3.63, 3.8) is 0 Å². The van der Waals surface area contributed by atoms with Gasteiger partial charge in [-0.25, -0.2) is 13.1 Å². The number of benzene rings is 1. The Morgan fingerprint density at radius 2 is 1.88 bits per heavy atom. The summed E-state index contributed by atoms with van der Waals surface area (Å²) in [6.07, 6.45) is 1.82. The molecule has 3 rings (SSSR count). The predicted octanol–water partition coefficient (Wildman–Crippen LogP) is 1.71. The first-order chi connectivity index (χ1) is 12.0. The number of hydrogen-bond donors (Lipinski definition) is 3. The molecule has 2 aromatic rings. The molecule has 3 N–H and O–H groups in total.